The Morgan fingerprint density at radius 2 is 1.79 bits per heavy atom. The molecule has 1 saturated carbocycles. The molecule has 198 valence electrons. The Balaban J connectivity index is 1.55. The number of rotatable bonds is 6. The van der Waals surface area contributed by atoms with E-state index in [4.69, 9.17) is 5.73 Å². The number of urea groups is 1. The van der Waals surface area contributed by atoms with Gasteiger partial charge in [-0.15, -0.1) is 10.2 Å². The summed E-state index contributed by atoms with van der Waals surface area (Å²) in [5.41, 5.74) is 16.9. The van der Waals surface area contributed by atoms with E-state index in [0.29, 0.717) is 11.9 Å². The Morgan fingerprint density at radius 3 is 2.51 bits per heavy atom. The molecule has 6 rings (SSSR count). The molecule has 4 N–H and O–H groups in total. The summed E-state index contributed by atoms with van der Waals surface area (Å²) < 4.78 is 2.41. The second-order valence-electron chi connectivity index (χ2n) is 10.3. The smallest absolute Gasteiger partial charge is 0.338 e. The average Bonchev–Trinajstić information content (AvgIpc) is 3.58. The Hall–Kier alpha value is -4.66. The molecule has 1 aliphatic rings. The molecule has 2 amide bonds. The zero-order valence-corrected chi connectivity index (χ0v) is 22.2. The van der Waals surface area contributed by atoms with Crippen LogP contribution in [0.25, 0.3) is 33.4 Å². The lowest BCUT2D eigenvalue weighted by Gasteiger charge is -2.27. The highest BCUT2D eigenvalue weighted by atomic mass is 16.2. The second kappa shape index (κ2) is 10.2. The highest BCUT2D eigenvalue weighted by Gasteiger charge is 2.28. The maximum atomic E-state index is 13.0. The molecule has 5 aromatic rings. The van der Waals surface area contributed by atoms with E-state index in [9.17, 15) is 4.79 Å². The van der Waals surface area contributed by atoms with Crippen LogP contribution < -0.4 is 16.2 Å². The number of H-pyrrole nitrogens is 1. The molecule has 9 nitrogen and oxygen atoms in total. The van der Waals surface area contributed by atoms with Gasteiger partial charge in [0.1, 0.15) is 0 Å². The maximum Gasteiger partial charge on any atom is 0.338 e. The first-order chi connectivity index (χ1) is 19.0. The summed E-state index contributed by atoms with van der Waals surface area (Å²) in [5, 5.41) is 17.1. The van der Waals surface area contributed by atoms with Gasteiger partial charge in [0.15, 0.2) is 0 Å². The fraction of sp³-hybridized carbons (Fsp3) is 0.267. The van der Waals surface area contributed by atoms with Gasteiger partial charge in [-0.1, -0.05) is 61.7 Å². The third-order valence-electron chi connectivity index (χ3n) is 7.68. The van der Waals surface area contributed by atoms with E-state index in [1.165, 1.54) is 24.3 Å². The summed E-state index contributed by atoms with van der Waals surface area (Å²) in [6.07, 6.45) is 5.91. The van der Waals surface area contributed by atoms with Gasteiger partial charge >= 0.3 is 6.03 Å². The van der Waals surface area contributed by atoms with E-state index in [-0.39, 0.29) is 0 Å². The van der Waals surface area contributed by atoms with Crippen LogP contribution in [0.1, 0.15) is 49.4 Å². The number of hydrogen-bond donors (Lipinski definition) is 3. The van der Waals surface area contributed by atoms with Crippen LogP contribution in [-0.4, -0.2) is 31.2 Å². The van der Waals surface area contributed by atoms with E-state index < -0.39 is 6.03 Å². The monoisotopic (exact) mass is 520 g/mol. The number of aromatic amines is 1. The van der Waals surface area contributed by atoms with Gasteiger partial charge in [0, 0.05) is 22.7 Å². The number of nitrogens with zero attached hydrogens (tertiary/aromatic N) is 5. The summed E-state index contributed by atoms with van der Waals surface area (Å²) in [6, 6.07) is 22.2. The number of benzene rings is 3. The van der Waals surface area contributed by atoms with Gasteiger partial charge in [0.25, 0.3) is 0 Å². The summed E-state index contributed by atoms with van der Waals surface area (Å²) >= 11 is 0. The van der Waals surface area contributed by atoms with Gasteiger partial charge in [-0.25, -0.2) is 9.80 Å². The zero-order chi connectivity index (χ0) is 26.9. The quantitative estimate of drug-likeness (QED) is 0.220. The molecular formula is C30H32N8O. The minimum atomic E-state index is -0.570. The molecule has 1 fully saturated rings. The van der Waals surface area contributed by atoms with Crippen LogP contribution in [0.4, 0.5) is 16.2 Å². The van der Waals surface area contributed by atoms with Gasteiger partial charge in [-0.05, 0) is 72.9 Å². The lowest BCUT2D eigenvalue weighted by Crippen LogP contribution is -2.40. The van der Waals surface area contributed by atoms with Crippen LogP contribution in [0.2, 0.25) is 0 Å². The number of nitrogens with two attached hydrogens (primary N) is 1. The van der Waals surface area contributed by atoms with Crippen molar-refractivity contribution in [2.45, 2.75) is 52.0 Å². The molecule has 3 aromatic carbocycles. The van der Waals surface area contributed by atoms with Crippen LogP contribution >= 0.6 is 0 Å². The van der Waals surface area contributed by atoms with Crippen molar-refractivity contribution in [1.82, 2.24) is 25.2 Å². The Morgan fingerprint density at radius 1 is 1.00 bits per heavy atom. The predicted octanol–water partition coefficient (Wildman–Crippen LogP) is 6.52. The molecule has 39 heavy (non-hydrogen) atoms. The van der Waals surface area contributed by atoms with Gasteiger partial charge in [0.2, 0.25) is 5.82 Å². The molecule has 0 spiro atoms. The summed E-state index contributed by atoms with van der Waals surface area (Å²) in [6.45, 7) is 4.11. The Kier molecular flexibility index (Phi) is 6.48. The number of tetrazole rings is 1. The number of hydrogen-bond acceptors (Lipinski definition) is 5. The summed E-state index contributed by atoms with van der Waals surface area (Å²) in [4.78, 5) is 13.0. The van der Waals surface area contributed by atoms with Crippen LogP contribution in [0.15, 0.2) is 66.7 Å². The number of aromatic nitrogens is 5. The third kappa shape index (κ3) is 4.60. The number of nitrogens with one attached hydrogen (secondary N) is 2. The Labute approximate surface area is 227 Å². The molecule has 0 unspecified atom stereocenters. The molecule has 2 heterocycles. The third-order valence-corrected chi connectivity index (χ3v) is 7.68. The van der Waals surface area contributed by atoms with Crippen molar-refractivity contribution in [3.63, 3.8) is 0 Å². The van der Waals surface area contributed by atoms with E-state index in [1.807, 2.05) is 55.5 Å². The topological polar surface area (TPSA) is 118 Å². The van der Waals surface area contributed by atoms with Crippen LogP contribution in [0, 0.1) is 13.8 Å². The number of anilines is 2. The van der Waals surface area contributed by atoms with Crippen molar-refractivity contribution in [1.29, 1.82) is 0 Å². The SMILES string of the molecule is Cc1cccc(NN(C(N)=O)c2c(C)n(C3CCCCC3)c3ccc(-c4ccccc4-c4nn[nH]n4)cc23)c1. The van der Waals surface area contributed by atoms with Crippen molar-refractivity contribution in [3.8, 4) is 22.5 Å². The average molecular weight is 521 g/mol. The lowest BCUT2D eigenvalue weighted by molar-refractivity contribution is 0.255. The number of primary amides is 1. The van der Waals surface area contributed by atoms with Gasteiger partial charge in [0.05, 0.1) is 16.9 Å². The number of aryl methyl sites for hydroxylation is 1. The van der Waals surface area contributed by atoms with Crippen molar-refractivity contribution < 1.29 is 4.79 Å². The first-order valence-electron chi connectivity index (χ1n) is 13.4. The van der Waals surface area contributed by atoms with Crippen molar-refractivity contribution >= 4 is 28.3 Å². The number of fused-ring (bicyclic) bond motifs is 1. The molecule has 0 saturated heterocycles. The van der Waals surface area contributed by atoms with Crippen LogP contribution in [0.5, 0.6) is 0 Å². The van der Waals surface area contributed by atoms with E-state index in [2.05, 4.69) is 55.7 Å². The molecule has 0 atom stereocenters. The molecule has 1 aliphatic carbocycles. The van der Waals surface area contributed by atoms with Crippen LogP contribution in [0.3, 0.4) is 0 Å². The van der Waals surface area contributed by atoms with Crippen LogP contribution in [-0.2, 0) is 0 Å². The molecule has 0 bridgehead atoms. The predicted molar refractivity (Wildman–Crippen MR) is 154 cm³/mol. The van der Waals surface area contributed by atoms with E-state index in [1.54, 1.807) is 0 Å². The molecular weight excluding hydrogens is 488 g/mol. The number of hydrazine groups is 1. The molecule has 2 aromatic heterocycles. The fourth-order valence-electron chi connectivity index (χ4n) is 5.96. The van der Waals surface area contributed by atoms with E-state index in [0.717, 1.165) is 63.1 Å². The Bertz CT molecular complexity index is 1630. The number of carbonyl (C=O) groups is 1. The molecule has 9 heteroatoms. The lowest BCUT2D eigenvalue weighted by atomic mass is 9.95. The van der Waals surface area contributed by atoms with Crippen molar-refractivity contribution in [3.05, 3.63) is 78.0 Å². The van der Waals surface area contributed by atoms with Gasteiger partial charge in [-0.2, -0.15) is 5.21 Å². The van der Waals surface area contributed by atoms with Gasteiger partial charge < -0.3 is 10.3 Å². The first kappa shape index (κ1) is 24.7. The fourth-order valence-corrected chi connectivity index (χ4v) is 5.96. The standard InChI is InChI=1S/C30H32N8O/c1-19-9-8-10-22(17-19)34-38(30(31)39)28-20(2)37(23-11-4-3-5-12-23)27-16-15-21(18-26(27)28)24-13-6-7-14-25(24)29-32-35-36-33-29/h6-10,13-18,23,34H,3-5,11-12H2,1-2H3,(H2,31,39)(H,32,33,35,36). The number of amides is 2. The minimum absolute atomic E-state index is 0.376. The largest absolute Gasteiger partial charge is 0.350 e. The summed E-state index contributed by atoms with van der Waals surface area (Å²) in [7, 11) is 0. The normalized spacial score (nSPS) is 14.0. The zero-order valence-electron chi connectivity index (χ0n) is 22.2. The highest BCUT2D eigenvalue weighted by Crippen LogP contribution is 2.42. The first-order valence-corrected chi connectivity index (χ1v) is 13.4. The number of carbonyl (C=O) groups excluding carboxylic acids is 1. The van der Waals surface area contributed by atoms with E-state index >= 15 is 0 Å². The van der Waals surface area contributed by atoms with Crippen molar-refractivity contribution in [2.75, 3.05) is 10.4 Å². The maximum absolute atomic E-state index is 13.0. The van der Waals surface area contributed by atoms with Gasteiger partial charge in [-0.3, -0.25) is 5.43 Å². The summed E-state index contributed by atoms with van der Waals surface area (Å²) in [5.74, 6) is 0.529. The highest BCUT2D eigenvalue weighted by molar-refractivity contribution is 6.06. The molecule has 0 radical (unpaired) electrons. The van der Waals surface area contributed by atoms with Crippen molar-refractivity contribution in [2.24, 2.45) is 5.73 Å². The molecule has 0 aliphatic heterocycles. The minimum Gasteiger partial charge on any atom is -0.350 e. The second-order valence-corrected chi connectivity index (χ2v) is 10.3.